The number of hydrogen-bond acceptors (Lipinski definition) is 15. The van der Waals surface area contributed by atoms with E-state index in [2.05, 4.69) is 14.7 Å². The van der Waals surface area contributed by atoms with Crippen molar-refractivity contribution in [3.05, 3.63) is 50.0 Å². The van der Waals surface area contributed by atoms with Gasteiger partial charge >= 0.3 is 11.8 Å². The van der Waals surface area contributed by atoms with Gasteiger partial charge in [0.05, 0.1) is 11.4 Å². The summed E-state index contributed by atoms with van der Waals surface area (Å²) in [7, 11) is 0. The van der Waals surface area contributed by atoms with Gasteiger partial charge < -0.3 is 18.9 Å². The molecule has 1 saturated heterocycles. The Labute approximate surface area is 225 Å². The Morgan fingerprint density at radius 3 is 2.81 bits per heavy atom. The third-order valence-electron chi connectivity index (χ3n) is 5.41. The minimum atomic E-state index is -0.992. The van der Waals surface area contributed by atoms with Crippen LogP contribution in [0.15, 0.2) is 40.2 Å². The minimum absolute atomic E-state index is 0.00398. The van der Waals surface area contributed by atoms with Crippen molar-refractivity contribution in [1.82, 2.24) is 19.5 Å². The van der Waals surface area contributed by atoms with E-state index in [9.17, 15) is 24.0 Å². The molecule has 0 aromatic carbocycles. The first kappa shape index (κ1) is 25.6. The lowest BCUT2D eigenvalue weighted by Crippen LogP contribution is -2.71. The summed E-state index contributed by atoms with van der Waals surface area (Å²) in [6.45, 7) is 1.13. The van der Waals surface area contributed by atoms with Crippen molar-refractivity contribution in [1.29, 1.82) is 0 Å². The van der Waals surface area contributed by atoms with E-state index in [1.807, 2.05) is 4.31 Å². The summed E-state index contributed by atoms with van der Waals surface area (Å²) in [5.74, 6) is -2.38. The number of fused-ring (bicyclic) bond motifs is 1. The van der Waals surface area contributed by atoms with Crippen LogP contribution in [0.2, 0.25) is 0 Å². The first-order chi connectivity index (χ1) is 17.8. The number of nitrogens with one attached hydrogen (secondary N) is 1. The van der Waals surface area contributed by atoms with Crippen LogP contribution in [0.5, 0.6) is 0 Å². The Morgan fingerprint density at radius 2 is 2.14 bits per heavy atom. The zero-order valence-electron chi connectivity index (χ0n) is 18.9. The van der Waals surface area contributed by atoms with Crippen LogP contribution in [0.25, 0.3) is 0 Å². The average Bonchev–Trinajstić information content (AvgIpc) is 3.66. The molecule has 17 heteroatoms. The summed E-state index contributed by atoms with van der Waals surface area (Å²) in [6.07, 6.45) is 1.68. The Morgan fingerprint density at radius 1 is 1.30 bits per heavy atom. The number of ether oxygens (including phenoxy) is 1. The fourth-order valence-electron chi connectivity index (χ4n) is 3.58. The Balaban J connectivity index is 1.32. The van der Waals surface area contributed by atoms with Gasteiger partial charge in [0.2, 0.25) is 0 Å². The second kappa shape index (κ2) is 10.8. The van der Waals surface area contributed by atoms with Crippen LogP contribution >= 0.6 is 47.0 Å². The first-order valence-corrected chi connectivity index (χ1v) is 14.4. The molecule has 1 fully saturated rings. The van der Waals surface area contributed by atoms with Gasteiger partial charge in [-0.1, -0.05) is 0 Å². The predicted molar refractivity (Wildman–Crippen MR) is 136 cm³/mol. The van der Waals surface area contributed by atoms with Gasteiger partial charge in [-0.25, -0.2) is 19.0 Å². The number of ketones is 1. The maximum atomic E-state index is 13.2. The molecule has 0 saturated carbocycles. The van der Waals surface area contributed by atoms with E-state index < -0.39 is 40.8 Å². The standard InChI is InChI=1S/C20H17N5O8S4/c1-9-12(33-20(30)32-9)2-31-19(29)14-10(4-37-24-6-22-36-8-24)3-35-18-13(17(28)25(14)18)23-16(27)15(26)11-5-34-7-21-11/h5-7,13,18H,2-4,8H2,1H3,(H,23,27)/t13?,18-/m0/s1. The number of β-lactam (4-membered cyclic amide) rings is 1. The largest absolute Gasteiger partial charge is 0.519 e. The molecule has 13 nitrogen and oxygen atoms in total. The number of rotatable bonds is 9. The van der Waals surface area contributed by atoms with Crippen molar-refractivity contribution in [2.24, 2.45) is 4.40 Å². The monoisotopic (exact) mass is 583 g/mol. The number of carbonyl (C=O) groups excluding carboxylic acids is 4. The summed E-state index contributed by atoms with van der Waals surface area (Å²) in [4.78, 5) is 67.4. The SMILES string of the molecule is Cc1oc(=O)oc1COC(=O)C1=C(CSN2C=NSC2)CS[C@H]2C(NC(=O)C(=O)c3cscn3)C(=O)N12. The van der Waals surface area contributed by atoms with Crippen molar-refractivity contribution in [3.63, 3.8) is 0 Å². The Hall–Kier alpha value is -3.02. The average molecular weight is 584 g/mol. The fraction of sp³-hybridized carbons (Fsp3) is 0.350. The van der Waals surface area contributed by atoms with Crippen molar-refractivity contribution in [3.8, 4) is 0 Å². The molecule has 5 heterocycles. The molecule has 5 rings (SSSR count). The molecular weight excluding hydrogens is 567 g/mol. The maximum Gasteiger partial charge on any atom is 0.519 e. The second-order valence-electron chi connectivity index (χ2n) is 7.70. The van der Waals surface area contributed by atoms with Crippen molar-refractivity contribution < 1.29 is 32.7 Å². The zero-order chi connectivity index (χ0) is 26.1. The lowest BCUT2D eigenvalue weighted by molar-refractivity contribution is -0.153. The van der Waals surface area contributed by atoms with Gasteiger partial charge in [-0.3, -0.25) is 23.6 Å². The molecule has 3 aliphatic heterocycles. The number of amides is 2. The van der Waals surface area contributed by atoms with Crippen LogP contribution < -0.4 is 11.1 Å². The van der Waals surface area contributed by atoms with E-state index in [1.165, 1.54) is 69.7 Å². The van der Waals surface area contributed by atoms with Gasteiger partial charge in [-0.05, 0) is 36.4 Å². The number of nitrogens with zero attached hydrogens (tertiary/aromatic N) is 4. The quantitative estimate of drug-likeness (QED) is 0.147. The van der Waals surface area contributed by atoms with Gasteiger partial charge in [-0.2, -0.15) is 0 Å². The molecule has 1 unspecified atom stereocenters. The van der Waals surface area contributed by atoms with Gasteiger partial charge in [0.1, 0.15) is 29.1 Å². The first-order valence-electron chi connectivity index (χ1n) is 10.5. The summed E-state index contributed by atoms with van der Waals surface area (Å²) < 4.78 is 21.0. The number of hydrogen-bond donors (Lipinski definition) is 1. The fourth-order valence-corrected chi connectivity index (χ4v) is 7.19. The number of esters is 1. The second-order valence-corrected chi connectivity index (χ2v) is 11.3. The third-order valence-corrected chi connectivity index (χ3v) is 9.17. The highest BCUT2D eigenvalue weighted by atomic mass is 32.2. The molecule has 2 atom stereocenters. The summed E-state index contributed by atoms with van der Waals surface area (Å²) in [5.41, 5.74) is 2.14. The lowest BCUT2D eigenvalue weighted by Gasteiger charge is -2.49. The van der Waals surface area contributed by atoms with Crippen LogP contribution in [0, 0.1) is 6.92 Å². The van der Waals surface area contributed by atoms with Gasteiger partial charge in [0.25, 0.3) is 17.6 Å². The molecule has 0 aliphatic carbocycles. The molecule has 2 amide bonds. The molecule has 2 aromatic rings. The molecule has 2 aromatic heterocycles. The van der Waals surface area contributed by atoms with Gasteiger partial charge in [-0.15, -0.1) is 23.1 Å². The van der Waals surface area contributed by atoms with E-state index in [1.54, 1.807) is 6.34 Å². The molecule has 0 radical (unpaired) electrons. The van der Waals surface area contributed by atoms with Crippen molar-refractivity contribution >= 4 is 76.9 Å². The highest BCUT2D eigenvalue weighted by Crippen LogP contribution is 2.42. The Kier molecular flexibility index (Phi) is 7.45. The molecule has 0 spiro atoms. The third kappa shape index (κ3) is 5.21. The molecule has 0 bridgehead atoms. The van der Waals surface area contributed by atoms with Crippen LogP contribution in [-0.4, -0.2) is 72.9 Å². The summed E-state index contributed by atoms with van der Waals surface area (Å²) >= 11 is 5.34. The number of thiazole rings is 1. The summed E-state index contributed by atoms with van der Waals surface area (Å²) in [6, 6.07) is -0.992. The molecule has 194 valence electrons. The molecule has 37 heavy (non-hydrogen) atoms. The predicted octanol–water partition coefficient (Wildman–Crippen LogP) is 1.18. The number of aryl methyl sites for hydroxylation is 1. The maximum absolute atomic E-state index is 13.2. The van der Waals surface area contributed by atoms with E-state index in [0.29, 0.717) is 23.0 Å². The van der Waals surface area contributed by atoms with Gasteiger partial charge in [0, 0.05) is 16.9 Å². The van der Waals surface area contributed by atoms with E-state index >= 15 is 0 Å². The van der Waals surface area contributed by atoms with Crippen molar-refractivity contribution in [2.75, 3.05) is 17.4 Å². The number of carbonyl (C=O) groups is 4. The number of aromatic nitrogens is 1. The topological polar surface area (TPSA) is 165 Å². The van der Waals surface area contributed by atoms with Crippen LogP contribution in [0.3, 0.4) is 0 Å². The minimum Gasteiger partial charge on any atom is -0.453 e. The van der Waals surface area contributed by atoms with Gasteiger partial charge in [0.15, 0.2) is 18.1 Å². The Bertz CT molecular complexity index is 1370. The van der Waals surface area contributed by atoms with E-state index in [-0.39, 0.29) is 29.5 Å². The lowest BCUT2D eigenvalue weighted by atomic mass is 10.0. The number of thioether (sulfide) groups is 1. The van der Waals surface area contributed by atoms with E-state index in [4.69, 9.17) is 13.6 Å². The highest BCUT2D eigenvalue weighted by molar-refractivity contribution is 8.02. The van der Waals surface area contributed by atoms with Crippen molar-refractivity contribution in [2.45, 2.75) is 24.9 Å². The normalized spacial score (nSPS) is 20.6. The summed E-state index contributed by atoms with van der Waals surface area (Å²) in [5, 5.41) is 3.31. The smallest absolute Gasteiger partial charge is 0.453 e. The molecular formula is C20H17N5O8S4. The highest BCUT2D eigenvalue weighted by Gasteiger charge is 2.54. The van der Waals surface area contributed by atoms with Crippen LogP contribution in [0.4, 0.5) is 0 Å². The van der Waals surface area contributed by atoms with Crippen LogP contribution in [-0.2, 0) is 25.7 Å². The zero-order valence-corrected chi connectivity index (χ0v) is 22.2. The van der Waals surface area contributed by atoms with E-state index in [0.717, 1.165) is 0 Å². The van der Waals surface area contributed by atoms with Crippen LogP contribution in [0.1, 0.15) is 22.0 Å². The molecule has 3 aliphatic rings. The molecule has 1 N–H and O–H groups in total. The number of Topliss-reactive ketones (excluding diaryl/α,β-unsaturated/α-hetero) is 1.